The van der Waals surface area contributed by atoms with Crippen molar-refractivity contribution in [1.82, 2.24) is 14.9 Å². The predicted octanol–water partition coefficient (Wildman–Crippen LogP) is 7.58. The maximum atomic E-state index is 14.0. The zero-order valence-electron chi connectivity index (χ0n) is 18.9. The summed E-state index contributed by atoms with van der Waals surface area (Å²) < 4.78 is 2.15. The van der Waals surface area contributed by atoms with Crippen molar-refractivity contribution in [3.05, 3.63) is 52.5 Å². The molecule has 2 aliphatic carbocycles. The third-order valence-electron chi connectivity index (χ3n) is 7.36. The number of para-hydroxylation sites is 2. The van der Waals surface area contributed by atoms with Gasteiger partial charge in [-0.05, 0) is 61.9 Å². The monoisotopic (exact) mass is 483 g/mol. The van der Waals surface area contributed by atoms with E-state index >= 15 is 0 Å². The summed E-state index contributed by atoms with van der Waals surface area (Å²) in [5, 5.41) is 4.62. The second kappa shape index (κ2) is 10.1. The summed E-state index contributed by atoms with van der Waals surface area (Å²) in [7, 11) is 0. The van der Waals surface area contributed by atoms with E-state index in [1.54, 1.807) is 12.1 Å². The molecule has 0 radical (unpaired) electrons. The highest BCUT2D eigenvalue weighted by Crippen LogP contribution is 2.40. The zero-order valence-corrected chi connectivity index (χ0v) is 20.4. The van der Waals surface area contributed by atoms with Crippen LogP contribution in [0.3, 0.4) is 0 Å². The molecule has 0 bridgehead atoms. The zero-order chi connectivity index (χ0) is 22.8. The third kappa shape index (κ3) is 4.79. The molecule has 1 amide bonds. The Kier molecular flexibility index (Phi) is 6.94. The number of hydrogen-bond donors (Lipinski definition) is 1. The van der Waals surface area contributed by atoms with Gasteiger partial charge in [0.25, 0.3) is 0 Å². The molecule has 1 N–H and O–H groups in total. The highest BCUT2D eigenvalue weighted by Gasteiger charge is 2.35. The fraction of sp³-hybridized carbons (Fsp3) is 0.481. The molecule has 0 saturated heterocycles. The SMILES string of the molecule is O=C(NC1CCCCC1)C(C1CCCCC1)n1c(-c2cc(Cl)ccc2Cl)nc2ccccc21. The van der Waals surface area contributed by atoms with Crippen molar-refractivity contribution in [3.8, 4) is 11.4 Å². The molecule has 2 saturated carbocycles. The largest absolute Gasteiger partial charge is 0.352 e. The van der Waals surface area contributed by atoms with Gasteiger partial charge >= 0.3 is 0 Å². The van der Waals surface area contributed by atoms with E-state index in [4.69, 9.17) is 28.2 Å². The first kappa shape index (κ1) is 22.7. The van der Waals surface area contributed by atoms with Crippen molar-refractivity contribution in [2.45, 2.75) is 76.3 Å². The van der Waals surface area contributed by atoms with E-state index in [1.807, 2.05) is 24.3 Å². The van der Waals surface area contributed by atoms with Gasteiger partial charge in [-0.2, -0.15) is 0 Å². The molecule has 6 heteroatoms. The molecule has 4 nitrogen and oxygen atoms in total. The average molecular weight is 484 g/mol. The summed E-state index contributed by atoms with van der Waals surface area (Å²) in [5.41, 5.74) is 2.61. The second-order valence-corrected chi connectivity index (χ2v) is 10.4. The van der Waals surface area contributed by atoms with Crippen molar-refractivity contribution in [2.75, 3.05) is 0 Å². The Morgan fingerprint density at radius 3 is 2.39 bits per heavy atom. The summed E-state index contributed by atoms with van der Waals surface area (Å²) in [4.78, 5) is 18.9. The minimum Gasteiger partial charge on any atom is -0.352 e. The van der Waals surface area contributed by atoms with Gasteiger partial charge in [0.05, 0.1) is 16.1 Å². The molecule has 2 aromatic carbocycles. The molecule has 1 heterocycles. The van der Waals surface area contributed by atoms with Crippen molar-refractivity contribution in [2.24, 2.45) is 5.92 Å². The van der Waals surface area contributed by atoms with Gasteiger partial charge in [0.15, 0.2) is 0 Å². The van der Waals surface area contributed by atoms with Gasteiger partial charge in [-0.1, -0.05) is 73.9 Å². The van der Waals surface area contributed by atoms with E-state index in [-0.39, 0.29) is 23.9 Å². The number of benzene rings is 2. The Morgan fingerprint density at radius 2 is 1.64 bits per heavy atom. The third-order valence-corrected chi connectivity index (χ3v) is 7.92. The van der Waals surface area contributed by atoms with Crippen LogP contribution >= 0.6 is 23.2 Å². The standard InChI is InChI=1S/C27H31Cl2N3O/c28-19-15-16-22(29)21(17-19)26-31-23-13-7-8-14-24(23)32(26)25(18-9-3-1-4-10-18)27(33)30-20-11-5-2-6-12-20/h7-8,13-18,20,25H,1-6,9-12H2,(H,30,33). The molecule has 0 aliphatic heterocycles. The van der Waals surface area contributed by atoms with Crippen LogP contribution < -0.4 is 5.32 Å². The lowest BCUT2D eigenvalue weighted by Gasteiger charge is -2.34. The highest BCUT2D eigenvalue weighted by atomic mass is 35.5. The van der Waals surface area contributed by atoms with Gasteiger partial charge in [-0.15, -0.1) is 0 Å². The Balaban J connectivity index is 1.64. The molecule has 3 aromatic rings. The van der Waals surface area contributed by atoms with Crippen molar-refractivity contribution in [1.29, 1.82) is 0 Å². The first-order valence-electron chi connectivity index (χ1n) is 12.3. The fourth-order valence-corrected chi connectivity index (χ4v) is 6.08. The van der Waals surface area contributed by atoms with Crippen LogP contribution in [-0.4, -0.2) is 21.5 Å². The summed E-state index contributed by atoms with van der Waals surface area (Å²) in [6.45, 7) is 0. The number of rotatable bonds is 5. The number of aromatic nitrogens is 2. The Morgan fingerprint density at radius 1 is 0.939 bits per heavy atom. The van der Waals surface area contributed by atoms with Gasteiger partial charge in [0, 0.05) is 16.6 Å². The van der Waals surface area contributed by atoms with E-state index in [0.717, 1.165) is 60.9 Å². The maximum Gasteiger partial charge on any atom is 0.243 e. The minimum atomic E-state index is -0.315. The Labute approximate surface area is 205 Å². The number of carbonyl (C=O) groups is 1. The van der Waals surface area contributed by atoms with Crippen molar-refractivity contribution >= 4 is 40.1 Å². The first-order chi connectivity index (χ1) is 16.1. The summed E-state index contributed by atoms with van der Waals surface area (Å²) in [6.07, 6.45) is 11.5. The molecule has 2 fully saturated rings. The number of nitrogens with one attached hydrogen (secondary N) is 1. The molecule has 33 heavy (non-hydrogen) atoms. The number of amides is 1. The summed E-state index contributed by atoms with van der Waals surface area (Å²) in [5.74, 6) is 1.12. The quantitative estimate of drug-likeness (QED) is 0.406. The van der Waals surface area contributed by atoms with E-state index < -0.39 is 0 Å². The van der Waals surface area contributed by atoms with Crippen LogP contribution in [0.1, 0.15) is 70.3 Å². The second-order valence-electron chi connectivity index (χ2n) is 9.60. The Bertz CT molecular complexity index is 1130. The average Bonchev–Trinajstić information content (AvgIpc) is 3.21. The molecule has 174 valence electrons. The first-order valence-corrected chi connectivity index (χ1v) is 13.1. The van der Waals surface area contributed by atoms with Crippen LogP contribution in [0, 0.1) is 5.92 Å². The number of imidazole rings is 1. The molecular weight excluding hydrogens is 453 g/mol. The molecule has 2 aliphatic rings. The molecular formula is C27H31Cl2N3O. The molecule has 0 spiro atoms. The van der Waals surface area contributed by atoms with Gasteiger partial charge in [-0.3, -0.25) is 4.79 Å². The molecule has 1 atom stereocenters. The van der Waals surface area contributed by atoms with E-state index in [2.05, 4.69) is 16.0 Å². The molecule has 1 unspecified atom stereocenters. The normalized spacial score (nSPS) is 19.0. The number of hydrogen-bond acceptors (Lipinski definition) is 2. The lowest BCUT2D eigenvalue weighted by Crippen LogP contribution is -2.43. The molecule has 1 aromatic heterocycles. The van der Waals surface area contributed by atoms with Crippen LogP contribution in [0.2, 0.25) is 10.0 Å². The van der Waals surface area contributed by atoms with E-state index in [9.17, 15) is 4.79 Å². The molecule has 5 rings (SSSR count). The van der Waals surface area contributed by atoms with Crippen LogP contribution in [0.15, 0.2) is 42.5 Å². The summed E-state index contributed by atoms with van der Waals surface area (Å²) >= 11 is 13.0. The van der Waals surface area contributed by atoms with Crippen LogP contribution in [0.5, 0.6) is 0 Å². The van der Waals surface area contributed by atoms with E-state index in [0.29, 0.717) is 10.0 Å². The number of fused-ring (bicyclic) bond motifs is 1. The minimum absolute atomic E-state index is 0.122. The van der Waals surface area contributed by atoms with Crippen molar-refractivity contribution < 1.29 is 4.79 Å². The van der Waals surface area contributed by atoms with Gasteiger partial charge in [0.1, 0.15) is 11.9 Å². The summed E-state index contributed by atoms with van der Waals surface area (Å²) in [6, 6.07) is 13.5. The smallest absolute Gasteiger partial charge is 0.243 e. The van der Waals surface area contributed by atoms with Crippen molar-refractivity contribution in [3.63, 3.8) is 0 Å². The lowest BCUT2D eigenvalue weighted by atomic mass is 9.82. The Hall–Kier alpha value is -2.04. The fourth-order valence-electron chi connectivity index (χ4n) is 5.71. The number of halogens is 2. The topological polar surface area (TPSA) is 46.9 Å². The van der Waals surface area contributed by atoms with Crippen LogP contribution in [0.25, 0.3) is 22.4 Å². The van der Waals surface area contributed by atoms with Gasteiger partial charge < -0.3 is 9.88 Å². The maximum absolute atomic E-state index is 14.0. The lowest BCUT2D eigenvalue weighted by molar-refractivity contribution is -0.127. The number of carbonyl (C=O) groups excluding carboxylic acids is 1. The van der Waals surface area contributed by atoms with Crippen LogP contribution in [0.4, 0.5) is 0 Å². The van der Waals surface area contributed by atoms with Gasteiger partial charge in [0.2, 0.25) is 5.91 Å². The number of nitrogens with zero attached hydrogens (tertiary/aromatic N) is 2. The predicted molar refractivity (Wildman–Crippen MR) is 136 cm³/mol. The van der Waals surface area contributed by atoms with Crippen LogP contribution in [-0.2, 0) is 4.79 Å². The highest BCUT2D eigenvalue weighted by molar-refractivity contribution is 6.35. The van der Waals surface area contributed by atoms with E-state index in [1.165, 1.54) is 25.7 Å². The van der Waals surface area contributed by atoms with Gasteiger partial charge in [-0.25, -0.2) is 4.98 Å².